The quantitative estimate of drug-likeness (QED) is 0.841. The predicted octanol–water partition coefficient (Wildman–Crippen LogP) is 2.21. The SMILES string of the molecule is CCn1nccc1CNCc1ccc(OC)c(OC)c1. The molecule has 0 aliphatic carbocycles. The van der Waals surface area contributed by atoms with Gasteiger partial charge in [-0.15, -0.1) is 0 Å². The summed E-state index contributed by atoms with van der Waals surface area (Å²) in [4.78, 5) is 0. The van der Waals surface area contributed by atoms with Crippen LogP contribution in [0.5, 0.6) is 11.5 Å². The summed E-state index contributed by atoms with van der Waals surface area (Å²) in [5, 5.41) is 7.66. The first kappa shape index (κ1) is 14.4. The second-order valence-corrected chi connectivity index (χ2v) is 4.43. The van der Waals surface area contributed by atoms with E-state index < -0.39 is 0 Å². The third-order valence-corrected chi connectivity index (χ3v) is 3.19. The van der Waals surface area contributed by atoms with E-state index in [0.717, 1.165) is 36.7 Å². The van der Waals surface area contributed by atoms with Crippen molar-refractivity contribution in [1.82, 2.24) is 15.1 Å². The molecular formula is C15H21N3O2. The molecule has 0 unspecified atom stereocenters. The maximum absolute atomic E-state index is 5.30. The summed E-state index contributed by atoms with van der Waals surface area (Å²) in [6, 6.07) is 7.98. The molecule has 20 heavy (non-hydrogen) atoms. The lowest BCUT2D eigenvalue weighted by Gasteiger charge is -2.10. The molecule has 1 aromatic heterocycles. The van der Waals surface area contributed by atoms with Crippen molar-refractivity contribution in [3.05, 3.63) is 41.7 Å². The van der Waals surface area contributed by atoms with Crippen LogP contribution in [0.3, 0.4) is 0 Å². The van der Waals surface area contributed by atoms with Crippen LogP contribution in [0.15, 0.2) is 30.5 Å². The van der Waals surface area contributed by atoms with E-state index in [-0.39, 0.29) is 0 Å². The Morgan fingerprint density at radius 2 is 1.90 bits per heavy atom. The van der Waals surface area contributed by atoms with Gasteiger partial charge in [-0.2, -0.15) is 5.10 Å². The van der Waals surface area contributed by atoms with Crippen molar-refractivity contribution in [2.24, 2.45) is 0 Å². The van der Waals surface area contributed by atoms with Crippen LogP contribution in [0, 0.1) is 0 Å². The zero-order chi connectivity index (χ0) is 14.4. The number of methoxy groups -OCH3 is 2. The molecule has 0 radical (unpaired) electrons. The van der Waals surface area contributed by atoms with Gasteiger partial charge >= 0.3 is 0 Å². The van der Waals surface area contributed by atoms with Crippen molar-refractivity contribution in [2.45, 2.75) is 26.6 Å². The summed E-state index contributed by atoms with van der Waals surface area (Å²) in [6.45, 7) is 4.54. The number of nitrogens with one attached hydrogen (secondary N) is 1. The van der Waals surface area contributed by atoms with E-state index in [2.05, 4.69) is 17.3 Å². The van der Waals surface area contributed by atoms with Crippen molar-refractivity contribution in [3.8, 4) is 11.5 Å². The van der Waals surface area contributed by atoms with Crippen molar-refractivity contribution < 1.29 is 9.47 Å². The minimum atomic E-state index is 0.750. The summed E-state index contributed by atoms with van der Waals surface area (Å²) < 4.78 is 12.5. The summed E-state index contributed by atoms with van der Waals surface area (Å²) >= 11 is 0. The van der Waals surface area contributed by atoms with Gasteiger partial charge in [0.15, 0.2) is 11.5 Å². The Hall–Kier alpha value is -2.01. The molecule has 0 aliphatic heterocycles. The van der Waals surface area contributed by atoms with Gasteiger partial charge in [-0.3, -0.25) is 4.68 Å². The Kier molecular flexibility index (Phi) is 5.01. The van der Waals surface area contributed by atoms with Gasteiger partial charge < -0.3 is 14.8 Å². The normalized spacial score (nSPS) is 10.6. The van der Waals surface area contributed by atoms with Crippen LogP contribution in [-0.2, 0) is 19.6 Å². The predicted molar refractivity (Wildman–Crippen MR) is 78.0 cm³/mol. The van der Waals surface area contributed by atoms with Gasteiger partial charge in [-0.1, -0.05) is 6.07 Å². The molecule has 2 rings (SSSR count). The minimum Gasteiger partial charge on any atom is -0.493 e. The molecule has 0 bridgehead atoms. The molecule has 2 aromatic rings. The van der Waals surface area contributed by atoms with E-state index in [1.54, 1.807) is 14.2 Å². The number of hydrogen-bond donors (Lipinski definition) is 1. The van der Waals surface area contributed by atoms with Crippen molar-refractivity contribution in [3.63, 3.8) is 0 Å². The molecule has 0 amide bonds. The van der Waals surface area contributed by atoms with E-state index in [0.29, 0.717) is 0 Å². The van der Waals surface area contributed by atoms with Crippen LogP contribution < -0.4 is 14.8 Å². The van der Waals surface area contributed by atoms with Gasteiger partial charge in [0.2, 0.25) is 0 Å². The van der Waals surface area contributed by atoms with E-state index in [1.807, 2.05) is 35.1 Å². The van der Waals surface area contributed by atoms with Crippen molar-refractivity contribution in [2.75, 3.05) is 14.2 Å². The van der Waals surface area contributed by atoms with Crippen LogP contribution in [0.4, 0.5) is 0 Å². The number of ether oxygens (including phenoxy) is 2. The summed E-state index contributed by atoms with van der Waals surface area (Å²) in [7, 11) is 3.29. The highest BCUT2D eigenvalue weighted by Gasteiger charge is 2.05. The molecule has 0 spiro atoms. The van der Waals surface area contributed by atoms with Crippen molar-refractivity contribution >= 4 is 0 Å². The summed E-state index contributed by atoms with van der Waals surface area (Å²) in [5.74, 6) is 1.51. The Morgan fingerprint density at radius 3 is 2.60 bits per heavy atom. The molecule has 108 valence electrons. The summed E-state index contributed by atoms with van der Waals surface area (Å²) in [6.07, 6.45) is 1.83. The molecule has 0 saturated heterocycles. The number of benzene rings is 1. The fourth-order valence-corrected chi connectivity index (χ4v) is 2.12. The van der Waals surface area contributed by atoms with Crippen molar-refractivity contribution in [1.29, 1.82) is 0 Å². The van der Waals surface area contributed by atoms with E-state index in [1.165, 1.54) is 5.69 Å². The molecule has 0 saturated carbocycles. The number of aromatic nitrogens is 2. The number of hydrogen-bond acceptors (Lipinski definition) is 4. The molecule has 0 fully saturated rings. The van der Waals surface area contributed by atoms with E-state index in [9.17, 15) is 0 Å². The van der Waals surface area contributed by atoms with E-state index in [4.69, 9.17) is 9.47 Å². The van der Waals surface area contributed by atoms with Crippen LogP contribution in [-0.4, -0.2) is 24.0 Å². The monoisotopic (exact) mass is 275 g/mol. The Labute approximate surface area is 119 Å². The maximum atomic E-state index is 5.30. The van der Waals surface area contributed by atoms with Crippen LogP contribution in [0.25, 0.3) is 0 Å². The fourth-order valence-electron chi connectivity index (χ4n) is 2.12. The Morgan fingerprint density at radius 1 is 1.10 bits per heavy atom. The largest absolute Gasteiger partial charge is 0.493 e. The second kappa shape index (κ2) is 6.96. The standard InChI is InChI=1S/C15H21N3O2/c1-4-18-13(7-8-17-18)11-16-10-12-5-6-14(19-2)15(9-12)20-3/h5-9,16H,4,10-11H2,1-3H3. The second-order valence-electron chi connectivity index (χ2n) is 4.43. The molecule has 0 aliphatic rings. The van der Waals surface area contributed by atoms with Gasteiger partial charge in [0, 0.05) is 25.8 Å². The first-order valence-corrected chi connectivity index (χ1v) is 6.70. The van der Waals surface area contributed by atoms with Gasteiger partial charge in [0.1, 0.15) is 0 Å². The highest BCUT2D eigenvalue weighted by atomic mass is 16.5. The number of rotatable bonds is 7. The first-order chi connectivity index (χ1) is 9.78. The topological polar surface area (TPSA) is 48.3 Å². The van der Waals surface area contributed by atoms with Crippen LogP contribution in [0.2, 0.25) is 0 Å². The molecular weight excluding hydrogens is 254 g/mol. The molecule has 5 nitrogen and oxygen atoms in total. The summed E-state index contributed by atoms with van der Waals surface area (Å²) in [5.41, 5.74) is 2.35. The number of aryl methyl sites for hydroxylation is 1. The third-order valence-electron chi connectivity index (χ3n) is 3.19. The highest BCUT2D eigenvalue weighted by molar-refractivity contribution is 5.42. The fraction of sp³-hybridized carbons (Fsp3) is 0.400. The average Bonchev–Trinajstić information content (AvgIpc) is 2.94. The lowest BCUT2D eigenvalue weighted by Crippen LogP contribution is -2.16. The van der Waals surface area contributed by atoms with E-state index >= 15 is 0 Å². The molecule has 0 atom stereocenters. The Bertz CT molecular complexity index is 552. The third kappa shape index (κ3) is 3.30. The van der Waals surface area contributed by atoms with Crippen LogP contribution in [0.1, 0.15) is 18.2 Å². The zero-order valence-corrected chi connectivity index (χ0v) is 12.2. The van der Waals surface area contributed by atoms with Gasteiger partial charge in [0.05, 0.1) is 19.9 Å². The molecule has 1 aromatic carbocycles. The maximum Gasteiger partial charge on any atom is 0.161 e. The molecule has 1 heterocycles. The minimum absolute atomic E-state index is 0.750. The van der Waals surface area contributed by atoms with Gasteiger partial charge in [0.25, 0.3) is 0 Å². The lowest BCUT2D eigenvalue weighted by atomic mass is 10.2. The average molecular weight is 275 g/mol. The van der Waals surface area contributed by atoms with Gasteiger partial charge in [-0.25, -0.2) is 0 Å². The number of nitrogens with zero attached hydrogens (tertiary/aromatic N) is 2. The van der Waals surface area contributed by atoms with Gasteiger partial charge in [-0.05, 0) is 30.7 Å². The first-order valence-electron chi connectivity index (χ1n) is 6.70. The molecule has 1 N–H and O–H groups in total. The zero-order valence-electron chi connectivity index (χ0n) is 12.2. The highest BCUT2D eigenvalue weighted by Crippen LogP contribution is 2.27. The van der Waals surface area contributed by atoms with Crippen LogP contribution >= 0.6 is 0 Å². The molecule has 5 heteroatoms. The lowest BCUT2D eigenvalue weighted by molar-refractivity contribution is 0.354. The smallest absolute Gasteiger partial charge is 0.161 e. The Balaban J connectivity index is 1.94.